The molecule has 3 aromatic rings. The number of benzene rings is 2. The van der Waals surface area contributed by atoms with E-state index in [1.165, 1.54) is 24.5 Å². The Kier molecular flexibility index (Phi) is 4.07. The lowest BCUT2D eigenvalue weighted by Gasteiger charge is -2.06. The first-order valence-corrected chi connectivity index (χ1v) is 6.86. The third kappa shape index (κ3) is 3.22. The van der Waals surface area contributed by atoms with Crippen LogP contribution in [0.25, 0.3) is 11.0 Å². The van der Waals surface area contributed by atoms with E-state index in [0.29, 0.717) is 11.1 Å². The minimum atomic E-state index is -0.573. The molecule has 6 heteroatoms. The second-order valence-corrected chi connectivity index (χ2v) is 4.68. The van der Waals surface area contributed by atoms with E-state index in [4.69, 9.17) is 19.6 Å². The molecule has 0 aliphatic heterocycles. The van der Waals surface area contributed by atoms with Gasteiger partial charge in [0.2, 0.25) is 11.2 Å². The summed E-state index contributed by atoms with van der Waals surface area (Å²) in [4.78, 5) is 23.6. The molecule has 2 N–H and O–H groups in total. The summed E-state index contributed by atoms with van der Waals surface area (Å²) in [6.45, 7) is -0.230. The largest absolute Gasteiger partial charge is 0.460 e. The van der Waals surface area contributed by atoms with Gasteiger partial charge in [0.25, 0.3) is 0 Å². The molecule has 3 rings (SSSR count). The summed E-state index contributed by atoms with van der Waals surface area (Å²) in [5.41, 5.74) is 5.16. The van der Waals surface area contributed by atoms with Crippen LogP contribution in [0.5, 0.6) is 17.2 Å². The fraction of sp³-hybridized carbons (Fsp3) is 0.0588. The van der Waals surface area contributed by atoms with Crippen LogP contribution in [-0.2, 0) is 4.79 Å². The zero-order valence-corrected chi connectivity index (χ0v) is 12.0. The Hall–Kier alpha value is -3.12. The summed E-state index contributed by atoms with van der Waals surface area (Å²) in [5.74, 6) is 0.298. The number of esters is 1. The summed E-state index contributed by atoms with van der Waals surface area (Å²) >= 11 is 0. The van der Waals surface area contributed by atoms with Crippen molar-refractivity contribution in [1.82, 2.24) is 0 Å². The Morgan fingerprint density at radius 3 is 2.61 bits per heavy atom. The van der Waals surface area contributed by atoms with E-state index >= 15 is 0 Å². The van der Waals surface area contributed by atoms with E-state index in [1.807, 2.05) is 6.07 Å². The average Bonchev–Trinajstić information content (AvgIpc) is 2.58. The molecule has 2 aromatic carbocycles. The number of fused-ring (bicyclic) bond motifs is 1. The van der Waals surface area contributed by atoms with Gasteiger partial charge in [-0.25, -0.2) is 0 Å². The van der Waals surface area contributed by atoms with Crippen molar-refractivity contribution >= 4 is 16.9 Å². The van der Waals surface area contributed by atoms with E-state index < -0.39 is 5.97 Å². The Labute approximate surface area is 131 Å². The molecule has 1 heterocycles. The van der Waals surface area contributed by atoms with Gasteiger partial charge in [0, 0.05) is 6.07 Å². The van der Waals surface area contributed by atoms with E-state index in [1.54, 1.807) is 24.3 Å². The van der Waals surface area contributed by atoms with Crippen molar-refractivity contribution in [3.8, 4) is 17.2 Å². The Morgan fingerprint density at radius 2 is 1.87 bits per heavy atom. The van der Waals surface area contributed by atoms with Crippen molar-refractivity contribution in [2.75, 3.05) is 6.54 Å². The van der Waals surface area contributed by atoms with Gasteiger partial charge in [0.1, 0.15) is 23.3 Å². The third-order valence-electron chi connectivity index (χ3n) is 3.08. The first kappa shape index (κ1) is 14.8. The maximum atomic E-state index is 12.4. The van der Waals surface area contributed by atoms with Crippen molar-refractivity contribution in [2.24, 2.45) is 5.73 Å². The van der Waals surface area contributed by atoms with E-state index in [9.17, 15) is 9.59 Å². The Balaban J connectivity index is 1.95. The lowest BCUT2D eigenvalue weighted by atomic mass is 10.2. The van der Waals surface area contributed by atoms with Crippen LogP contribution in [0, 0.1) is 0 Å². The van der Waals surface area contributed by atoms with Gasteiger partial charge >= 0.3 is 5.97 Å². The molecule has 0 fully saturated rings. The predicted octanol–water partition coefficient (Wildman–Crippen LogP) is 2.45. The van der Waals surface area contributed by atoms with E-state index in [0.717, 1.165) is 0 Å². The molecule has 0 bridgehead atoms. The first-order chi connectivity index (χ1) is 11.2. The number of hydrogen-bond donors (Lipinski definition) is 1. The molecule has 0 saturated heterocycles. The summed E-state index contributed by atoms with van der Waals surface area (Å²) in [7, 11) is 0. The standard InChI is InChI=1S/C17H13NO5/c18-9-16(19)23-12-6-7-13-14(8-12)21-10-15(17(13)20)22-11-4-2-1-3-5-11/h1-8,10H,9,18H2. The summed E-state index contributed by atoms with van der Waals surface area (Å²) in [5, 5.41) is 0.325. The van der Waals surface area contributed by atoms with Crippen molar-refractivity contribution in [1.29, 1.82) is 0 Å². The van der Waals surface area contributed by atoms with Crippen LogP contribution in [0.1, 0.15) is 0 Å². The molecule has 0 aliphatic rings. The van der Waals surface area contributed by atoms with Crippen LogP contribution in [0.2, 0.25) is 0 Å². The van der Waals surface area contributed by atoms with E-state index in [2.05, 4.69) is 0 Å². The van der Waals surface area contributed by atoms with Gasteiger partial charge in [-0.1, -0.05) is 18.2 Å². The number of carbonyl (C=O) groups excluding carboxylic acids is 1. The SMILES string of the molecule is NCC(=O)Oc1ccc2c(=O)c(Oc3ccccc3)coc2c1. The number of rotatable bonds is 4. The summed E-state index contributed by atoms with van der Waals surface area (Å²) in [6.07, 6.45) is 1.23. The minimum Gasteiger partial charge on any atom is -0.460 e. The number of nitrogens with two attached hydrogens (primary N) is 1. The topological polar surface area (TPSA) is 91.8 Å². The van der Waals surface area contributed by atoms with Crippen molar-refractivity contribution in [3.63, 3.8) is 0 Å². The highest BCUT2D eigenvalue weighted by Gasteiger charge is 2.11. The van der Waals surface area contributed by atoms with Gasteiger partial charge in [-0.3, -0.25) is 9.59 Å². The van der Waals surface area contributed by atoms with Crippen molar-refractivity contribution in [3.05, 3.63) is 65.0 Å². The maximum absolute atomic E-state index is 12.4. The van der Waals surface area contributed by atoms with Crippen LogP contribution in [0.4, 0.5) is 0 Å². The quantitative estimate of drug-likeness (QED) is 0.588. The van der Waals surface area contributed by atoms with Gasteiger partial charge in [0.15, 0.2) is 0 Å². The van der Waals surface area contributed by atoms with Crippen LogP contribution >= 0.6 is 0 Å². The third-order valence-corrected chi connectivity index (χ3v) is 3.08. The highest BCUT2D eigenvalue weighted by Crippen LogP contribution is 2.23. The normalized spacial score (nSPS) is 10.5. The highest BCUT2D eigenvalue weighted by molar-refractivity contribution is 5.81. The number of para-hydroxylation sites is 1. The average molecular weight is 311 g/mol. The van der Waals surface area contributed by atoms with Crippen LogP contribution in [0.3, 0.4) is 0 Å². The zero-order valence-electron chi connectivity index (χ0n) is 12.0. The highest BCUT2D eigenvalue weighted by atomic mass is 16.5. The zero-order chi connectivity index (χ0) is 16.2. The van der Waals surface area contributed by atoms with Gasteiger partial charge in [-0.15, -0.1) is 0 Å². The van der Waals surface area contributed by atoms with Crippen LogP contribution in [-0.4, -0.2) is 12.5 Å². The molecule has 0 unspecified atom stereocenters. The molecule has 0 saturated carbocycles. The van der Waals surface area contributed by atoms with Crippen molar-refractivity contribution < 1.29 is 18.7 Å². The molecule has 0 atom stereocenters. The van der Waals surface area contributed by atoms with Gasteiger partial charge in [-0.05, 0) is 24.3 Å². The summed E-state index contributed by atoms with van der Waals surface area (Å²) < 4.78 is 15.9. The fourth-order valence-corrected chi connectivity index (χ4v) is 2.01. The smallest absolute Gasteiger partial charge is 0.325 e. The molecule has 23 heavy (non-hydrogen) atoms. The number of hydrogen-bond acceptors (Lipinski definition) is 6. The molecular formula is C17H13NO5. The molecule has 0 radical (unpaired) electrons. The number of carbonyl (C=O) groups is 1. The fourth-order valence-electron chi connectivity index (χ4n) is 2.01. The molecule has 0 amide bonds. The van der Waals surface area contributed by atoms with Crippen LogP contribution in [0.15, 0.2) is 64.0 Å². The Bertz CT molecular complexity index is 902. The van der Waals surface area contributed by atoms with Gasteiger partial charge < -0.3 is 19.6 Å². The van der Waals surface area contributed by atoms with Gasteiger partial charge in [0.05, 0.1) is 11.9 Å². The Morgan fingerprint density at radius 1 is 1.09 bits per heavy atom. The molecule has 6 nitrogen and oxygen atoms in total. The summed E-state index contributed by atoms with van der Waals surface area (Å²) in [6, 6.07) is 13.4. The first-order valence-electron chi connectivity index (χ1n) is 6.86. The predicted molar refractivity (Wildman–Crippen MR) is 83.7 cm³/mol. The molecular weight excluding hydrogens is 298 g/mol. The lowest BCUT2D eigenvalue weighted by Crippen LogP contribution is -2.19. The molecule has 116 valence electrons. The van der Waals surface area contributed by atoms with Crippen molar-refractivity contribution in [2.45, 2.75) is 0 Å². The second kappa shape index (κ2) is 6.33. The van der Waals surface area contributed by atoms with Gasteiger partial charge in [-0.2, -0.15) is 0 Å². The second-order valence-electron chi connectivity index (χ2n) is 4.68. The number of ether oxygens (including phenoxy) is 2. The minimum absolute atomic E-state index is 0.0791. The molecule has 0 aliphatic carbocycles. The van der Waals surface area contributed by atoms with Crippen LogP contribution < -0.4 is 20.6 Å². The van der Waals surface area contributed by atoms with E-state index in [-0.39, 0.29) is 29.1 Å². The molecule has 0 spiro atoms. The monoisotopic (exact) mass is 311 g/mol. The molecule has 1 aromatic heterocycles. The maximum Gasteiger partial charge on any atom is 0.325 e. The lowest BCUT2D eigenvalue weighted by molar-refractivity contribution is -0.132.